The van der Waals surface area contributed by atoms with Gasteiger partial charge in [-0.25, -0.2) is 0 Å². The quantitative estimate of drug-likeness (QED) is 0.807. The second kappa shape index (κ2) is 8.12. The van der Waals surface area contributed by atoms with Gasteiger partial charge in [-0.15, -0.1) is 0 Å². The van der Waals surface area contributed by atoms with Crippen molar-refractivity contribution >= 4 is 5.91 Å². The van der Waals surface area contributed by atoms with E-state index >= 15 is 0 Å². The van der Waals surface area contributed by atoms with Crippen molar-refractivity contribution < 1.29 is 9.53 Å². The van der Waals surface area contributed by atoms with Crippen LogP contribution in [0.2, 0.25) is 0 Å². The number of morpholine rings is 1. The van der Waals surface area contributed by atoms with Gasteiger partial charge in [0.2, 0.25) is 0 Å². The van der Waals surface area contributed by atoms with Crippen LogP contribution in [0.15, 0.2) is 24.3 Å². The van der Waals surface area contributed by atoms with Gasteiger partial charge in [0.25, 0.3) is 5.91 Å². The van der Waals surface area contributed by atoms with Crippen molar-refractivity contribution in [1.82, 2.24) is 10.2 Å². The Morgan fingerprint density at radius 3 is 3.14 bits per heavy atom. The molecule has 1 aliphatic rings. The van der Waals surface area contributed by atoms with Crippen LogP contribution in [-0.4, -0.2) is 56.2 Å². The van der Waals surface area contributed by atoms with Crippen LogP contribution in [0.3, 0.4) is 0 Å². The monoisotopic (exact) mass is 291 g/mol. The molecule has 0 radical (unpaired) electrons. The summed E-state index contributed by atoms with van der Waals surface area (Å²) in [7, 11) is 0. The van der Waals surface area contributed by atoms with Crippen molar-refractivity contribution in [2.75, 3.05) is 39.3 Å². The van der Waals surface area contributed by atoms with Gasteiger partial charge < -0.3 is 15.8 Å². The normalized spacial score (nSPS) is 19.4. The average Bonchev–Trinajstić information content (AvgIpc) is 2.53. The highest BCUT2D eigenvalue weighted by Gasteiger charge is 2.19. The topological polar surface area (TPSA) is 67.6 Å². The molecule has 1 unspecified atom stereocenters. The lowest BCUT2D eigenvalue weighted by Gasteiger charge is -2.32. The van der Waals surface area contributed by atoms with E-state index in [0.29, 0.717) is 18.7 Å². The van der Waals surface area contributed by atoms with Crippen LogP contribution < -0.4 is 11.1 Å². The molecule has 0 aliphatic carbocycles. The molecule has 1 aliphatic heterocycles. The van der Waals surface area contributed by atoms with E-state index < -0.39 is 0 Å². The highest BCUT2D eigenvalue weighted by molar-refractivity contribution is 5.94. The summed E-state index contributed by atoms with van der Waals surface area (Å²) in [5.74, 6) is -0.0499. The van der Waals surface area contributed by atoms with E-state index in [0.717, 1.165) is 38.2 Å². The van der Waals surface area contributed by atoms with Gasteiger partial charge in [0, 0.05) is 25.2 Å². The molecule has 0 bridgehead atoms. The third kappa shape index (κ3) is 4.81. The van der Waals surface area contributed by atoms with Gasteiger partial charge in [0.05, 0.1) is 12.7 Å². The van der Waals surface area contributed by atoms with Gasteiger partial charge >= 0.3 is 0 Å². The minimum atomic E-state index is -0.0499. The number of likely N-dealkylation sites (N-methyl/N-ethyl adjacent to an activating group) is 1. The molecule has 0 aromatic heterocycles. The van der Waals surface area contributed by atoms with Crippen LogP contribution in [0, 0.1) is 0 Å². The summed E-state index contributed by atoms with van der Waals surface area (Å²) in [5.41, 5.74) is 7.33. The zero-order chi connectivity index (χ0) is 15.1. The van der Waals surface area contributed by atoms with Gasteiger partial charge in [-0.3, -0.25) is 9.69 Å². The molecule has 1 amide bonds. The van der Waals surface area contributed by atoms with Crippen LogP contribution in [-0.2, 0) is 11.2 Å². The maximum atomic E-state index is 12.2. The van der Waals surface area contributed by atoms with Crippen LogP contribution in [0.1, 0.15) is 22.8 Å². The van der Waals surface area contributed by atoms with Crippen LogP contribution in [0.5, 0.6) is 0 Å². The van der Waals surface area contributed by atoms with E-state index in [1.54, 1.807) is 0 Å². The molecule has 1 aromatic rings. The van der Waals surface area contributed by atoms with E-state index in [4.69, 9.17) is 10.5 Å². The van der Waals surface area contributed by atoms with E-state index in [1.807, 2.05) is 24.3 Å². The number of hydrogen-bond donors (Lipinski definition) is 2. The molecule has 1 aromatic carbocycles. The summed E-state index contributed by atoms with van der Waals surface area (Å²) in [6.45, 7) is 6.90. The number of benzene rings is 1. The lowest BCUT2D eigenvalue weighted by atomic mass is 10.1. The first-order valence-corrected chi connectivity index (χ1v) is 7.64. The number of nitrogens with zero attached hydrogens (tertiary/aromatic N) is 1. The van der Waals surface area contributed by atoms with Gasteiger partial charge in [-0.05, 0) is 37.2 Å². The Bertz CT molecular complexity index is 465. The molecule has 21 heavy (non-hydrogen) atoms. The van der Waals surface area contributed by atoms with Crippen molar-refractivity contribution in [2.24, 2.45) is 5.73 Å². The summed E-state index contributed by atoms with van der Waals surface area (Å²) < 4.78 is 5.69. The van der Waals surface area contributed by atoms with Crippen molar-refractivity contribution in [2.45, 2.75) is 19.4 Å². The molecular weight excluding hydrogens is 266 g/mol. The highest BCUT2D eigenvalue weighted by Crippen LogP contribution is 2.07. The highest BCUT2D eigenvalue weighted by atomic mass is 16.5. The summed E-state index contributed by atoms with van der Waals surface area (Å²) in [4.78, 5) is 14.5. The minimum absolute atomic E-state index is 0.0499. The molecule has 1 saturated heterocycles. The van der Waals surface area contributed by atoms with Gasteiger partial charge in [0.1, 0.15) is 0 Å². The first-order valence-electron chi connectivity index (χ1n) is 7.64. The van der Waals surface area contributed by atoms with Gasteiger partial charge in [-0.1, -0.05) is 19.1 Å². The third-order valence-electron chi connectivity index (χ3n) is 3.78. The standard InChI is InChI=1S/C16H25N3O2/c1-2-19-8-9-21-15(12-19)11-18-16(20)14-5-3-4-13(10-14)6-7-17/h3-5,10,15H,2,6-9,11-12,17H2,1H3,(H,18,20). The van der Waals surface area contributed by atoms with Crippen LogP contribution in [0.25, 0.3) is 0 Å². The summed E-state index contributed by atoms with van der Waals surface area (Å²) in [6, 6.07) is 7.63. The number of carbonyl (C=O) groups excluding carboxylic acids is 1. The van der Waals surface area contributed by atoms with E-state index in [2.05, 4.69) is 17.1 Å². The Hall–Kier alpha value is -1.43. The lowest BCUT2D eigenvalue weighted by Crippen LogP contribution is -2.47. The van der Waals surface area contributed by atoms with Crippen molar-refractivity contribution in [3.8, 4) is 0 Å². The largest absolute Gasteiger partial charge is 0.374 e. The Balaban J connectivity index is 1.85. The fourth-order valence-corrected chi connectivity index (χ4v) is 2.53. The number of nitrogens with one attached hydrogen (secondary N) is 1. The number of ether oxygens (including phenoxy) is 1. The number of hydrogen-bond acceptors (Lipinski definition) is 4. The average molecular weight is 291 g/mol. The SMILES string of the molecule is CCN1CCOC(CNC(=O)c2cccc(CCN)c2)C1. The Morgan fingerprint density at radius 1 is 1.52 bits per heavy atom. The lowest BCUT2D eigenvalue weighted by molar-refractivity contribution is -0.0246. The number of amides is 1. The van der Waals surface area contributed by atoms with Crippen molar-refractivity contribution in [1.29, 1.82) is 0 Å². The van der Waals surface area contributed by atoms with Gasteiger partial charge in [-0.2, -0.15) is 0 Å². The first-order chi connectivity index (χ1) is 10.2. The Kier molecular flexibility index (Phi) is 6.17. The smallest absolute Gasteiger partial charge is 0.251 e. The van der Waals surface area contributed by atoms with Crippen molar-refractivity contribution in [3.63, 3.8) is 0 Å². The number of carbonyl (C=O) groups is 1. The Morgan fingerprint density at radius 2 is 2.38 bits per heavy atom. The first kappa shape index (κ1) is 15.9. The molecule has 5 heteroatoms. The minimum Gasteiger partial charge on any atom is -0.374 e. The maximum Gasteiger partial charge on any atom is 0.251 e. The second-order valence-corrected chi connectivity index (χ2v) is 5.34. The summed E-state index contributed by atoms with van der Waals surface area (Å²) in [6.07, 6.45) is 0.869. The zero-order valence-corrected chi connectivity index (χ0v) is 12.7. The number of nitrogens with two attached hydrogens (primary N) is 1. The number of rotatable bonds is 6. The molecule has 1 fully saturated rings. The molecule has 1 atom stereocenters. The molecule has 3 N–H and O–H groups in total. The molecule has 0 spiro atoms. The molecular formula is C16H25N3O2. The summed E-state index contributed by atoms with van der Waals surface area (Å²) in [5, 5.41) is 2.96. The zero-order valence-electron chi connectivity index (χ0n) is 12.7. The predicted molar refractivity (Wildman–Crippen MR) is 83.4 cm³/mol. The molecule has 1 heterocycles. The van der Waals surface area contributed by atoms with Crippen LogP contribution in [0.4, 0.5) is 0 Å². The second-order valence-electron chi connectivity index (χ2n) is 5.34. The van der Waals surface area contributed by atoms with Crippen LogP contribution >= 0.6 is 0 Å². The van der Waals surface area contributed by atoms with E-state index in [-0.39, 0.29) is 12.0 Å². The fraction of sp³-hybridized carbons (Fsp3) is 0.562. The molecule has 2 rings (SSSR count). The van der Waals surface area contributed by atoms with Crippen molar-refractivity contribution in [3.05, 3.63) is 35.4 Å². The fourth-order valence-electron chi connectivity index (χ4n) is 2.53. The maximum absolute atomic E-state index is 12.2. The van der Waals surface area contributed by atoms with E-state index in [1.165, 1.54) is 0 Å². The third-order valence-corrected chi connectivity index (χ3v) is 3.78. The summed E-state index contributed by atoms with van der Waals surface area (Å²) >= 11 is 0. The molecule has 0 saturated carbocycles. The predicted octanol–water partition coefficient (Wildman–Crippen LogP) is 0.638. The molecule has 116 valence electrons. The Labute approximate surface area is 126 Å². The van der Waals surface area contributed by atoms with Gasteiger partial charge in [0.15, 0.2) is 0 Å². The molecule has 5 nitrogen and oxygen atoms in total. The van der Waals surface area contributed by atoms with E-state index in [9.17, 15) is 4.79 Å².